The van der Waals surface area contributed by atoms with E-state index in [0.717, 1.165) is 49.6 Å². The van der Waals surface area contributed by atoms with Crippen LogP contribution < -0.4 is 5.32 Å². The van der Waals surface area contributed by atoms with Crippen molar-refractivity contribution in [3.63, 3.8) is 0 Å². The molecule has 2 unspecified atom stereocenters. The molecule has 6 nitrogen and oxygen atoms in total. The largest absolute Gasteiger partial charge is 0.349 e. The van der Waals surface area contributed by atoms with Crippen molar-refractivity contribution < 1.29 is 13.6 Å². The first-order valence-corrected chi connectivity index (χ1v) is 14.6. The van der Waals surface area contributed by atoms with E-state index in [1.54, 1.807) is 0 Å². The first kappa shape index (κ1) is 28.7. The molecule has 1 aromatic carbocycles. The predicted octanol–water partition coefficient (Wildman–Crippen LogP) is 6.59. The molecule has 2 fully saturated rings. The average Bonchev–Trinajstić information content (AvgIpc) is 3.51. The van der Waals surface area contributed by atoms with Crippen LogP contribution in [0.25, 0.3) is 0 Å². The Kier molecular flexibility index (Phi) is 9.55. The summed E-state index contributed by atoms with van der Waals surface area (Å²) in [5.74, 6) is -0.660. The monoisotopic (exact) mass is 529 g/mol. The Morgan fingerprint density at radius 1 is 1.13 bits per heavy atom. The van der Waals surface area contributed by atoms with Gasteiger partial charge in [0, 0.05) is 43.3 Å². The van der Waals surface area contributed by atoms with E-state index in [9.17, 15) is 13.6 Å². The zero-order chi connectivity index (χ0) is 27.3. The molecule has 1 amide bonds. The number of carbonyl (C=O) groups excluding carboxylic acids is 1. The second-order valence-corrected chi connectivity index (χ2v) is 11.7. The lowest BCUT2D eigenvalue weighted by Gasteiger charge is -2.32. The third-order valence-electron chi connectivity index (χ3n) is 8.60. The minimum atomic E-state index is -2.63. The number of nitrogens with zero attached hydrogens (tertiary/aromatic N) is 4. The van der Waals surface area contributed by atoms with Crippen molar-refractivity contribution in [3.8, 4) is 0 Å². The van der Waals surface area contributed by atoms with Gasteiger partial charge in [0.1, 0.15) is 11.6 Å². The number of likely N-dealkylation sites (tertiary alicyclic amines) is 1. The quantitative estimate of drug-likeness (QED) is 0.357. The van der Waals surface area contributed by atoms with Crippen molar-refractivity contribution in [2.24, 2.45) is 5.92 Å². The molecule has 2 aromatic rings. The van der Waals surface area contributed by atoms with Crippen molar-refractivity contribution in [3.05, 3.63) is 47.5 Å². The number of benzene rings is 1. The summed E-state index contributed by atoms with van der Waals surface area (Å²) in [5.41, 5.74) is 1.07. The van der Waals surface area contributed by atoms with Crippen LogP contribution >= 0.6 is 0 Å². The van der Waals surface area contributed by atoms with Crippen LogP contribution in [0.3, 0.4) is 0 Å². The van der Waals surface area contributed by atoms with Crippen LogP contribution in [0.2, 0.25) is 0 Å². The number of carbonyl (C=O) groups is 1. The van der Waals surface area contributed by atoms with Crippen molar-refractivity contribution in [2.75, 3.05) is 13.1 Å². The van der Waals surface area contributed by atoms with E-state index in [1.807, 2.05) is 18.2 Å². The Hall–Kier alpha value is -2.35. The zero-order valence-corrected chi connectivity index (χ0v) is 23.5. The molecule has 2 aliphatic rings. The van der Waals surface area contributed by atoms with Gasteiger partial charge in [-0.15, -0.1) is 10.2 Å². The molecule has 1 aliphatic heterocycles. The lowest BCUT2D eigenvalue weighted by atomic mass is 9.86. The van der Waals surface area contributed by atoms with Crippen molar-refractivity contribution >= 4 is 5.91 Å². The van der Waals surface area contributed by atoms with Crippen LogP contribution in [0.1, 0.15) is 114 Å². The number of hydrogen-bond donors (Lipinski definition) is 1. The fourth-order valence-electron chi connectivity index (χ4n) is 6.35. The molecule has 0 spiro atoms. The molecule has 38 heavy (non-hydrogen) atoms. The summed E-state index contributed by atoms with van der Waals surface area (Å²) in [7, 11) is 0. The number of rotatable bonds is 11. The van der Waals surface area contributed by atoms with Gasteiger partial charge in [0.05, 0.1) is 6.04 Å². The van der Waals surface area contributed by atoms with E-state index < -0.39 is 5.92 Å². The molecule has 8 heteroatoms. The molecule has 1 saturated carbocycles. The number of aromatic nitrogens is 3. The summed E-state index contributed by atoms with van der Waals surface area (Å²) < 4.78 is 29.6. The fraction of sp³-hybridized carbons (Fsp3) is 0.700. The molecule has 3 atom stereocenters. The summed E-state index contributed by atoms with van der Waals surface area (Å²) in [5, 5.41) is 12.1. The van der Waals surface area contributed by atoms with E-state index in [4.69, 9.17) is 0 Å². The smallest absolute Gasteiger partial charge is 0.248 e. The summed E-state index contributed by atoms with van der Waals surface area (Å²) in [4.78, 5) is 15.7. The summed E-state index contributed by atoms with van der Waals surface area (Å²) in [6.45, 7) is 10.6. The van der Waals surface area contributed by atoms with Gasteiger partial charge < -0.3 is 14.8 Å². The van der Waals surface area contributed by atoms with Crippen LogP contribution in [0.15, 0.2) is 30.3 Å². The summed E-state index contributed by atoms with van der Waals surface area (Å²) in [6, 6.07) is 10.8. The standard InChI is InChI=1S/C30H45F2N5O/c1-5-25(37-22(4)34-35-28(37)21(2)3)20-26-12-9-18-36(26)19-15-27(23-10-7-6-8-11-23)33-29(38)24-13-16-30(31,32)17-14-24/h6-8,10-11,21,24-27H,5,9,12-20H2,1-4H3,(H,33,38)/t25?,26?,27-/m0/s1. The molecule has 1 saturated heterocycles. The second kappa shape index (κ2) is 12.7. The maximum Gasteiger partial charge on any atom is 0.248 e. The molecule has 1 N–H and O–H groups in total. The van der Waals surface area contributed by atoms with Gasteiger partial charge in [0.2, 0.25) is 11.8 Å². The van der Waals surface area contributed by atoms with Gasteiger partial charge in [-0.3, -0.25) is 4.79 Å². The maximum atomic E-state index is 13.6. The van der Waals surface area contributed by atoms with Crippen LogP contribution in [0.5, 0.6) is 0 Å². The highest BCUT2D eigenvalue weighted by Crippen LogP contribution is 2.37. The second-order valence-electron chi connectivity index (χ2n) is 11.7. The fourth-order valence-corrected chi connectivity index (χ4v) is 6.35. The SMILES string of the molecule is CCC(CC1CCCN1CC[C@H](NC(=O)C1CCC(F)(F)CC1)c1ccccc1)n1c(C)nnc1C(C)C. The Labute approximate surface area is 226 Å². The number of aryl methyl sites for hydroxylation is 1. The van der Waals surface area contributed by atoms with Crippen molar-refractivity contribution in [1.82, 2.24) is 25.0 Å². The van der Waals surface area contributed by atoms with E-state index in [0.29, 0.717) is 18.0 Å². The van der Waals surface area contributed by atoms with E-state index in [2.05, 4.69) is 64.8 Å². The highest BCUT2D eigenvalue weighted by molar-refractivity contribution is 5.79. The Balaban J connectivity index is 1.41. The molecular formula is C30H45F2N5O. The third-order valence-corrected chi connectivity index (χ3v) is 8.60. The van der Waals surface area contributed by atoms with E-state index in [1.165, 1.54) is 12.8 Å². The molecular weight excluding hydrogens is 484 g/mol. The maximum absolute atomic E-state index is 13.6. The molecule has 4 rings (SSSR count). The van der Waals surface area contributed by atoms with Crippen LogP contribution in [0, 0.1) is 12.8 Å². The molecule has 1 aromatic heterocycles. The third kappa shape index (κ3) is 6.99. The number of nitrogens with one attached hydrogen (secondary N) is 1. The normalized spacial score (nSPS) is 22.0. The average molecular weight is 530 g/mol. The van der Waals surface area contributed by atoms with Gasteiger partial charge in [-0.05, 0) is 64.0 Å². The molecule has 1 aliphatic carbocycles. The van der Waals surface area contributed by atoms with Crippen LogP contribution in [-0.4, -0.2) is 50.6 Å². The minimum absolute atomic E-state index is 0.0809. The Bertz CT molecular complexity index is 1030. The molecule has 0 radical (unpaired) electrons. The van der Waals surface area contributed by atoms with Gasteiger partial charge in [0.25, 0.3) is 0 Å². The van der Waals surface area contributed by atoms with Crippen molar-refractivity contribution in [1.29, 1.82) is 0 Å². The first-order chi connectivity index (χ1) is 18.2. The molecule has 2 heterocycles. The molecule has 0 bridgehead atoms. The van der Waals surface area contributed by atoms with Gasteiger partial charge in [0.15, 0.2) is 0 Å². The van der Waals surface area contributed by atoms with Gasteiger partial charge >= 0.3 is 0 Å². The van der Waals surface area contributed by atoms with Crippen LogP contribution in [-0.2, 0) is 4.79 Å². The summed E-state index contributed by atoms with van der Waals surface area (Å²) >= 11 is 0. The number of halogens is 2. The van der Waals surface area contributed by atoms with Gasteiger partial charge in [-0.25, -0.2) is 8.78 Å². The highest BCUT2D eigenvalue weighted by atomic mass is 19.3. The summed E-state index contributed by atoms with van der Waals surface area (Å²) in [6.07, 6.45) is 5.38. The Morgan fingerprint density at radius 3 is 2.50 bits per heavy atom. The lowest BCUT2D eigenvalue weighted by molar-refractivity contribution is -0.130. The number of alkyl halides is 2. The first-order valence-electron chi connectivity index (χ1n) is 14.6. The lowest BCUT2D eigenvalue weighted by Crippen LogP contribution is -2.39. The van der Waals surface area contributed by atoms with Gasteiger partial charge in [-0.1, -0.05) is 51.1 Å². The van der Waals surface area contributed by atoms with Crippen LogP contribution in [0.4, 0.5) is 8.78 Å². The van der Waals surface area contributed by atoms with Gasteiger partial charge in [-0.2, -0.15) is 0 Å². The predicted molar refractivity (Wildman–Crippen MR) is 146 cm³/mol. The number of hydrogen-bond acceptors (Lipinski definition) is 4. The number of amides is 1. The van der Waals surface area contributed by atoms with E-state index in [-0.39, 0.29) is 43.6 Å². The van der Waals surface area contributed by atoms with E-state index >= 15 is 0 Å². The molecule has 210 valence electrons. The zero-order valence-electron chi connectivity index (χ0n) is 23.5. The minimum Gasteiger partial charge on any atom is -0.349 e. The Morgan fingerprint density at radius 2 is 1.84 bits per heavy atom. The highest BCUT2D eigenvalue weighted by Gasteiger charge is 2.38. The topological polar surface area (TPSA) is 63.1 Å². The van der Waals surface area contributed by atoms with Crippen molar-refractivity contribution in [2.45, 2.75) is 115 Å².